The molecule has 1 aromatic carbocycles. The van der Waals surface area contributed by atoms with Crippen molar-refractivity contribution in [1.29, 1.82) is 0 Å². The molecule has 0 atom stereocenters. The third-order valence-electron chi connectivity index (χ3n) is 2.10. The Bertz CT molecular complexity index is 481. The highest BCUT2D eigenvalue weighted by Gasteiger charge is 1.98. The Morgan fingerprint density at radius 1 is 1.12 bits per heavy atom. The van der Waals surface area contributed by atoms with E-state index in [1.165, 1.54) is 10.8 Å². The van der Waals surface area contributed by atoms with Crippen molar-refractivity contribution in [1.82, 2.24) is 15.2 Å². The number of aromatic nitrogens is 3. The Morgan fingerprint density at radius 2 is 1.88 bits per heavy atom. The summed E-state index contributed by atoms with van der Waals surface area (Å²) in [4.78, 5) is 4.22. The summed E-state index contributed by atoms with van der Waals surface area (Å²) >= 11 is 0. The summed E-state index contributed by atoms with van der Waals surface area (Å²) in [7, 11) is 0. The fraction of sp³-hybridized carbons (Fsp3) is 0.308. The highest BCUT2D eigenvalue weighted by atomic mass is 15.1. The van der Waals surface area contributed by atoms with Gasteiger partial charge in [-0.25, -0.2) is 0 Å². The van der Waals surface area contributed by atoms with Gasteiger partial charge >= 0.3 is 0 Å². The molecule has 84 valence electrons. The van der Waals surface area contributed by atoms with Crippen molar-refractivity contribution in [2.24, 2.45) is 5.92 Å². The average Bonchev–Trinajstić information content (AvgIpc) is 2.78. The van der Waals surface area contributed by atoms with Crippen molar-refractivity contribution in [3.63, 3.8) is 0 Å². The van der Waals surface area contributed by atoms with Crippen LogP contribution in [0.3, 0.4) is 0 Å². The number of nitrogens with zero attached hydrogens (tertiary/aromatic N) is 1. The van der Waals surface area contributed by atoms with Crippen LogP contribution in [0.4, 0.5) is 0 Å². The number of hydrogen-bond donors (Lipinski definition) is 2. The smallest absolute Gasteiger partial charge is 0.0710 e. The van der Waals surface area contributed by atoms with Gasteiger partial charge in [0.25, 0.3) is 0 Å². The van der Waals surface area contributed by atoms with Crippen LogP contribution in [0.2, 0.25) is 0 Å². The molecule has 2 heterocycles. The van der Waals surface area contributed by atoms with E-state index in [1.807, 2.05) is 18.5 Å². The van der Waals surface area contributed by atoms with E-state index in [1.54, 1.807) is 0 Å². The molecule has 0 aliphatic carbocycles. The molecule has 0 saturated heterocycles. The predicted molar refractivity (Wildman–Crippen MR) is 68.5 cm³/mol. The lowest BCUT2D eigenvalue weighted by atomic mass is 10.2. The summed E-state index contributed by atoms with van der Waals surface area (Å²) < 4.78 is 0. The van der Waals surface area contributed by atoms with Crippen LogP contribution >= 0.6 is 0 Å². The lowest BCUT2D eigenvalue weighted by Gasteiger charge is -1.88. The molecular formula is C13H17N3. The number of aromatic amines is 2. The lowest BCUT2D eigenvalue weighted by Crippen LogP contribution is -1.69. The number of fused-ring (bicyclic) bond motifs is 2. The van der Waals surface area contributed by atoms with Crippen molar-refractivity contribution in [3.05, 3.63) is 30.6 Å². The van der Waals surface area contributed by atoms with Crippen LogP contribution < -0.4 is 0 Å². The predicted octanol–water partition coefficient (Wildman–Crippen LogP) is 3.71. The van der Waals surface area contributed by atoms with Crippen LogP contribution in [0.1, 0.15) is 20.8 Å². The molecule has 0 fully saturated rings. The molecular weight excluding hydrogens is 198 g/mol. The van der Waals surface area contributed by atoms with E-state index in [0.717, 1.165) is 17.0 Å². The molecule has 3 nitrogen and oxygen atoms in total. The second-order valence-electron chi connectivity index (χ2n) is 4.59. The Morgan fingerprint density at radius 3 is 2.62 bits per heavy atom. The normalized spacial score (nSPS) is 10.8. The standard InChI is InChI=1S/C9H7N3.C4H10/c1-2-10-8-4-7-5-11-12-9(7)3-6(1)8;1-4(2)3/h1-5,11-12H;4H,1-3H3. The fourth-order valence-corrected chi connectivity index (χ4v) is 1.48. The molecule has 0 aliphatic rings. The van der Waals surface area contributed by atoms with Gasteiger partial charge in [0.15, 0.2) is 0 Å². The Kier molecular flexibility index (Phi) is 2.95. The molecule has 3 heteroatoms. The first-order valence-electron chi connectivity index (χ1n) is 5.57. The van der Waals surface area contributed by atoms with Crippen molar-refractivity contribution in [3.8, 4) is 0 Å². The molecule has 2 N–H and O–H groups in total. The molecule has 3 rings (SSSR count). The molecule has 0 spiro atoms. The maximum absolute atomic E-state index is 4.22. The van der Waals surface area contributed by atoms with Gasteiger partial charge in [-0.15, -0.1) is 0 Å². The van der Waals surface area contributed by atoms with Crippen molar-refractivity contribution in [2.75, 3.05) is 0 Å². The van der Waals surface area contributed by atoms with Gasteiger partial charge in [0.2, 0.25) is 0 Å². The van der Waals surface area contributed by atoms with E-state index >= 15 is 0 Å². The summed E-state index contributed by atoms with van der Waals surface area (Å²) in [5, 5.41) is 8.35. The van der Waals surface area contributed by atoms with E-state index in [2.05, 4.69) is 48.1 Å². The van der Waals surface area contributed by atoms with Crippen LogP contribution in [-0.2, 0) is 0 Å². The largest absolute Gasteiger partial charge is 0.307 e. The second kappa shape index (κ2) is 4.39. The first kappa shape index (κ1) is 10.7. The Hall–Kier alpha value is -1.77. The molecule has 3 aromatic rings. The Balaban J connectivity index is 0.000000212. The first-order valence-corrected chi connectivity index (χ1v) is 5.57. The van der Waals surface area contributed by atoms with E-state index < -0.39 is 0 Å². The first-order chi connectivity index (χ1) is 7.66. The minimum Gasteiger partial charge on any atom is -0.307 e. The minimum absolute atomic E-state index is 0.833. The molecule has 16 heavy (non-hydrogen) atoms. The van der Waals surface area contributed by atoms with Gasteiger partial charge in [0, 0.05) is 23.2 Å². The van der Waals surface area contributed by atoms with Gasteiger partial charge < -0.3 is 10.2 Å². The van der Waals surface area contributed by atoms with Crippen molar-refractivity contribution in [2.45, 2.75) is 20.8 Å². The highest BCUT2D eigenvalue weighted by Crippen LogP contribution is 2.19. The van der Waals surface area contributed by atoms with Crippen molar-refractivity contribution >= 4 is 21.8 Å². The van der Waals surface area contributed by atoms with Crippen LogP contribution in [0, 0.1) is 5.92 Å². The molecule has 0 radical (unpaired) electrons. The molecule has 0 bridgehead atoms. The summed E-state index contributed by atoms with van der Waals surface area (Å²) in [5.74, 6) is 0.833. The van der Waals surface area contributed by atoms with Gasteiger partial charge in [-0.2, -0.15) is 0 Å². The quantitative estimate of drug-likeness (QED) is 0.590. The summed E-state index contributed by atoms with van der Waals surface area (Å²) in [6.45, 7) is 6.50. The fourth-order valence-electron chi connectivity index (χ4n) is 1.48. The monoisotopic (exact) mass is 215 g/mol. The van der Waals surface area contributed by atoms with Crippen LogP contribution in [-0.4, -0.2) is 15.2 Å². The average molecular weight is 215 g/mol. The number of H-pyrrole nitrogens is 2. The summed E-state index contributed by atoms with van der Waals surface area (Å²) in [6.07, 6.45) is 3.76. The van der Waals surface area contributed by atoms with Gasteiger partial charge in [0.1, 0.15) is 0 Å². The zero-order valence-electron chi connectivity index (χ0n) is 9.91. The second-order valence-corrected chi connectivity index (χ2v) is 4.59. The zero-order valence-corrected chi connectivity index (χ0v) is 9.91. The van der Waals surface area contributed by atoms with Gasteiger partial charge in [0.05, 0.1) is 11.0 Å². The highest BCUT2D eigenvalue weighted by molar-refractivity contribution is 5.94. The third kappa shape index (κ3) is 2.24. The molecule has 2 aromatic heterocycles. The van der Waals surface area contributed by atoms with E-state index in [-0.39, 0.29) is 0 Å². The number of nitrogens with one attached hydrogen (secondary N) is 2. The van der Waals surface area contributed by atoms with E-state index in [0.29, 0.717) is 0 Å². The molecule has 0 saturated carbocycles. The van der Waals surface area contributed by atoms with E-state index in [4.69, 9.17) is 0 Å². The maximum atomic E-state index is 4.22. The lowest BCUT2D eigenvalue weighted by molar-refractivity contribution is 0.737. The maximum Gasteiger partial charge on any atom is 0.0710 e. The summed E-state index contributed by atoms with van der Waals surface area (Å²) in [6, 6.07) is 6.17. The topological polar surface area (TPSA) is 44.5 Å². The molecule has 0 unspecified atom stereocenters. The third-order valence-corrected chi connectivity index (χ3v) is 2.10. The summed E-state index contributed by atoms with van der Waals surface area (Å²) in [5.41, 5.74) is 2.17. The van der Waals surface area contributed by atoms with Crippen LogP contribution in [0.5, 0.6) is 0 Å². The molecule has 0 amide bonds. The SMILES string of the molecule is CC(C)C.c1cc2cc3[nH][nH]cc3cc2n1. The zero-order chi connectivity index (χ0) is 11.5. The minimum atomic E-state index is 0.833. The van der Waals surface area contributed by atoms with Crippen LogP contribution in [0.25, 0.3) is 21.8 Å². The Labute approximate surface area is 94.9 Å². The van der Waals surface area contributed by atoms with Gasteiger partial charge in [-0.3, -0.25) is 4.98 Å². The number of rotatable bonds is 0. The number of benzene rings is 1. The van der Waals surface area contributed by atoms with Gasteiger partial charge in [-0.1, -0.05) is 20.8 Å². The van der Waals surface area contributed by atoms with Gasteiger partial charge in [-0.05, 0) is 24.1 Å². The number of hydrogen-bond acceptors (Lipinski definition) is 1. The molecule has 0 aliphatic heterocycles. The van der Waals surface area contributed by atoms with Crippen LogP contribution in [0.15, 0.2) is 30.6 Å². The van der Waals surface area contributed by atoms with E-state index in [9.17, 15) is 0 Å². The van der Waals surface area contributed by atoms with Crippen molar-refractivity contribution < 1.29 is 0 Å².